The van der Waals surface area contributed by atoms with Crippen molar-refractivity contribution in [3.8, 4) is 0 Å². The molecule has 0 atom stereocenters. The van der Waals surface area contributed by atoms with Crippen LogP contribution < -0.4 is 4.90 Å². The van der Waals surface area contributed by atoms with Crippen molar-refractivity contribution in [1.29, 1.82) is 0 Å². The Morgan fingerprint density at radius 1 is 1.56 bits per heavy atom. The van der Waals surface area contributed by atoms with Crippen LogP contribution in [0.25, 0.3) is 6.08 Å². The average Bonchev–Trinajstić information content (AvgIpc) is 2.34. The lowest BCUT2D eigenvalue weighted by atomic mass is 10.1. The first-order valence-corrected chi connectivity index (χ1v) is 5.65. The van der Waals surface area contributed by atoms with Gasteiger partial charge in [-0.3, -0.25) is 0 Å². The standard InChI is InChI=1S/C14H16FNO2/c1-3-10-16(4-2)13-7-5-6-12(15)11(13)8-9-14(17)18/h3,5-9H,1,4,10H2,2H3,(H,17,18)/b9-8+. The van der Waals surface area contributed by atoms with Crippen molar-refractivity contribution >= 4 is 17.7 Å². The molecule has 96 valence electrons. The first kappa shape index (κ1) is 14.0. The summed E-state index contributed by atoms with van der Waals surface area (Å²) in [7, 11) is 0. The van der Waals surface area contributed by atoms with Gasteiger partial charge in [-0.05, 0) is 25.1 Å². The van der Waals surface area contributed by atoms with Crippen LogP contribution in [0.4, 0.5) is 10.1 Å². The van der Waals surface area contributed by atoms with Crippen molar-refractivity contribution < 1.29 is 14.3 Å². The SMILES string of the molecule is C=CCN(CC)c1cccc(F)c1/C=C/C(=O)O. The predicted molar refractivity (Wildman–Crippen MR) is 71.2 cm³/mol. The Morgan fingerprint density at radius 3 is 2.83 bits per heavy atom. The summed E-state index contributed by atoms with van der Waals surface area (Å²) in [5.74, 6) is -1.54. The lowest BCUT2D eigenvalue weighted by molar-refractivity contribution is -0.131. The molecule has 4 heteroatoms. The molecule has 1 rings (SSSR count). The number of rotatable bonds is 6. The highest BCUT2D eigenvalue weighted by Crippen LogP contribution is 2.24. The van der Waals surface area contributed by atoms with E-state index in [4.69, 9.17) is 5.11 Å². The van der Waals surface area contributed by atoms with Gasteiger partial charge in [0.25, 0.3) is 0 Å². The minimum absolute atomic E-state index is 0.281. The van der Waals surface area contributed by atoms with Crippen LogP contribution in [0, 0.1) is 5.82 Å². The third-order valence-corrected chi connectivity index (χ3v) is 2.49. The van der Waals surface area contributed by atoms with Gasteiger partial charge in [-0.25, -0.2) is 9.18 Å². The third kappa shape index (κ3) is 3.45. The highest BCUT2D eigenvalue weighted by Gasteiger charge is 2.10. The van der Waals surface area contributed by atoms with Gasteiger partial charge in [-0.2, -0.15) is 0 Å². The van der Waals surface area contributed by atoms with Gasteiger partial charge >= 0.3 is 5.97 Å². The Hall–Kier alpha value is -2.10. The van der Waals surface area contributed by atoms with Gasteiger partial charge in [-0.1, -0.05) is 12.1 Å². The summed E-state index contributed by atoms with van der Waals surface area (Å²) in [6, 6.07) is 4.68. The molecule has 0 amide bonds. The van der Waals surface area contributed by atoms with E-state index in [1.54, 1.807) is 18.2 Å². The molecule has 0 aromatic heterocycles. The number of hydrogen-bond donors (Lipinski definition) is 1. The number of hydrogen-bond acceptors (Lipinski definition) is 2. The summed E-state index contributed by atoms with van der Waals surface area (Å²) in [6.45, 7) is 6.86. The maximum Gasteiger partial charge on any atom is 0.328 e. The lowest BCUT2D eigenvalue weighted by Gasteiger charge is -2.23. The third-order valence-electron chi connectivity index (χ3n) is 2.49. The minimum atomic E-state index is -1.10. The number of anilines is 1. The van der Waals surface area contributed by atoms with E-state index in [9.17, 15) is 9.18 Å². The van der Waals surface area contributed by atoms with Crippen molar-refractivity contribution in [3.05, 3.63) is 48.3 Å². The molecule has 0 saturated heterocycles. The van der Waals surface area contributed by atoms with Gasteiger partial charge < -0.3 is 10.0 Å². The number of carboxylic acids is 1. The number of nitrogens with zero attached hydrogens (tertiary/aromatic N) is 1. The first-order valence-electron chi connectivity index (χ1n) is 5.65. The number of aliphatic carboxylic acids is 1. The monoisotopic (exact) mass is 249 g/mol. The summed E-state index contributed by atoms with van der Waals surface area (Å²) in [6.07, 6.45) is 3.93. The Labute approximate surface area is 106 Å². The van der Waals surface area contributed by atoms with E-state index in [1.807, 2.05) is 11.8 Å². The Balaban J connectivity index is 3.21. The highest BCUT2D eigenvalue weighted by molar-refractivity contribution is 5.87. The molecule has 0 spiro atoms. The number of likely N-dealkylation sites (N-methyl/N-ethyl adjacent to an activating group) is 1. The molecule has 0 heterocycles. The van der Waals surface area contributed by atoms with E-state index in [1.165, 1.54) is 12.1 Å². The maximum absolute atomic E-state index is 13.7. The molecule has 0 aliphatic heterocycles. The molecule has 0 bridgehead atoms. The fourth-order valence-corrected chi connectivity index (χ4v) is 1.67. The molecule has 18 heavy (non-hydrogen) atoms. The zero-order chi connectivity index (χ0) is 13.5. The first-order chi connectivity index (χ1) is 8.60. The molecule has 0 unspecified atom stereocenters. The summed E-state index contributed by atoms with van der Waals surface area (Å²) >= 11 is 0. The van der Waals surface area contributed by atoms with Crippen LogP contribution >= 0.6 is 0 Å². The van der Waals surface area contributed by atoms with E-state index in [-0.39, 0.29) is 5.56 Å². The molecular formula is C14H16FNO2. The van der Waals surface area contributed by atoms with Crippen molar-refractivity contribution in [3.63, 3.8) is 0 Å². The molecule has 1 N–H and O–H groups in total. The van der Waals surface area contributed by atoms with Gasteiger partial charge in [0.05, 0.1) is 0 Å². The van der Waals surface area contributed by atoms with Gasteiger partial charge in [-0.15, -0.1) is 6.58 Å². The molecule has 1 aromatic rings. The number of halogens is 1. The molecule has 0 fully saturated rings. The van der Waals surface area contributed by atoms with Crippen LogP contribution in [0.3, 0.4) is 0 Å². The summed E-state index contributed by atoms with van der Waals surface area (Å²) in [5, 5.41) is 8.62. The van der Waals surface area contributed by atoms with Crippen LogP contribution in [0.2, 0.25) is 0 Å². The second-order valence-electron chi connectivity index (χ2n) is 3.67. The van der Waals surface area contributed by atoms with E-state index in [0.29, 0.717) is 18.8 Å². The second kappa shape index (κ2) is 6.59. The van der Waals surface area contributed by atoms with Crippen molar-refractivity contribution in [1.82, 2.24) is 0 Å². The van der Waals surface area contributed by atoms with Gasteiger partial charge in [0.1, 0.15) is 5.82 Å². The quantitative estimate of drug-likeness (QED) is 0.622. The maximum atomic E-state index is 13.7. The van der Waals surface area contributed by atoms with Crippen LogP contribution in [-0.2, 0) is 4.79 Å². The summed E-state index contributed by atoms with van der Waals surface area (Å²) < 4.78 is 13.7. The molecule has 0 saturated carbocycles. The summed E-state index contributed by atoms with van der Waals surface area (Å²) in [5.41, 5.74) is 0.943. The fourth-order valence-electron chi connectivity index (χ4n) is 1.67. The van der Waals surface area contributed by atoms with Gasteiger partial charge in [0, 0.05) is 30.4 Å². The van der Waals surface area contributed by atoms with Crippen LogP contribution in [-0.4, -0.2) is 24.2 Å². The van der Waals surface area contributed by atoms with Crippen LogP contribution in [0.15, 0.2) is 36.9 Å². The van der Waals surface area contributed by atoms with Gasteiger partial charge in [0.2, 0.25) is 0 Å². The topological polar surface area (TPSA) is 40.5 Å². The number of carboxylic acid groups (broad SMARTS) is 1. The van der Waals surface area contributed by atoms with E-state index >= 15 is 0 Å². The highest BCUT2D eigenvalue weighted by atomic mass is 19.1. The zero-order valence-electron chi connectivity index (χ0n) is 10.3. The Bertz CT molecular complexity index is 469. The Morgan fingerprint density at radius 2 is 2.28 bits per heavy atom. The van der Waals surface area contributed by atoms with Crippen LogP contribution in [0.1, 0.15) is 12.5 Å². The molecule has 0 aliphatic carbocycles. The largest absolute Gasteiger partial charge is 0.478 e. The molecule has 3 nitrogen and oxygen atoms in total. The fraction of sp³-hybridized carbons (Fsp3) is 0.214. The van der Waals surface area contributed by atoms with Crippen molar-refractivity contribution in [2.24, 2.45) is 0 Å². The average molecular weight is 249 g/mol. The van der Waals surface area contributed by atoms with Gasteiger partial charge in [0.15, 0.2) is 0 Å². The Kier molecular flexibility index (Phi) is 5.11. The summed E-state index contributed by atoms with van der Waals surface area (Å²) in [4.78, 5) is 12.4. The van der Waals surface area contributed by atoms with E-state index in [0.717, 1.165) is 6.08 Å². The number of carbonyl (C=O) groups is 1. The lowest BCUT2D eigenvalue weighted by Crippen LogP contribution is -2.23. The van der Waals surface area contributed by atoms with E-state index < -0.39 is 11.8 Å². The molecule has 0 radical (unpaired) electrons. The molecule has 0 aliphatic rings. The molecular weight excluding hydrogens is 233 g/mol. The van der Waals surface area contributed by atoms with E-state index in [2.05, 4.69) is 6.58 Å². The second-order valence-corrected chi connectivity index (χ2v) is 3.67. The number of benzene rings is 1. The van der Waals surface area contributed by atoms with Crippen molar-refractivity contribution in [2.75, 3.05) is 18.0 Å². The molecule has 1 aromatic carbocycles. The normalized spacial score (nSPS) is 10.6. The van der Waals surface area contributed by atoms with Crippen molar-refractivity contribution in [2.45, 2.75) is 6.92 Å². The van der Waals surface area contributed by atoms with Crippen LogP contribution in [0.5, 0.6) is 0 Å². The minimum Gasteiger partial charge on any atom is -0.478 e. The predicted octanol–water partition coefficient (Wildman–Crippen LogP) is 2.94. The smallest absolute Gasteiger partial charge is 0.328 e. The zero-order valence-corrected chi connectivity index (χ0v) is 10.3.